The largest absolute Gasteiger partial charge is 0.504 e. The van der Waals surface area contributed by atoms with Gasteiger partial charge in [-0.3, -0.25) is 4.79 Å². The lowest BCUT2D eigenvalue weighted by atomic mass is 10.2. The minimum atomic E-state index is -0.456. The first kappa shape index (κ1) is 11.5. The van der Waals surface area contributed by atoms with Gasteiger partial charge >= 0.3 is 0 Å². The van der Waals surface area contributed by atoms with Gasteiger partial charge in [-0.2, -0.15) is 4.68 Å². The van der Waals surface area contributed by atoms with Crippen LogP contribution in [0.25, 0.3) is 5.69 Å². The number of nitrogens with two attached hydrogens (primary N) is 1. The summed E-state index contributed by atoms with van der Waals surface area (Å²) in [5.74, 6) is -0.420. The van der Waals surface area contributed by atoms with E-state index in [1.807, 2.05) is 0 Å². The number of halogens is 1. The molecule has 0 aliphatic rings. The van der Waals surface area contributed by atoms with Crippen LogP contribution >= 0.6 is 11.6 Å². The molecule has 0 saturated heterocycles. The van der Waals surface area contributed by atoms with Crippen molar-refractivity contribution in [1.29, 1.82) is 0 Å². The molecule has 2 rings (SSSR count). The van der Waals surface area contributed by atoms with Crippen LogP contribution in [0.3, 0.4) is 0 Å². The number of rotatable bonds is 1. The van der Waals surface area contributed by atoms with E-state index in [0.717, 1.165) is 16.3 Å². The van der Waals surface area contributed by atoms with Crippen molar-refractivity contribution in [3.63, 3.8) is 0 Å². The van der Waals surface area contributed by atoms with Gasteiger partial charge in [-0.25, -0.2) is 0 Å². The zero-order valence-electron chi connectivity index (χ0n) is 9.01. The van der Waals surface area contributed by atoms with Gasteiger partial charge in [-0.1, -0.05) is 11.6 Å². The summed E-state index contributed by atoms with van der Waals surface area (Å²) in [5, 5.41) is 13.7. The van der Waals surface area contributed by atoms with Crippen LogP contribution in [0.4, 0.5) is 5.82 Å². The van der Waals surface area contributed by atoms with E-state index in [1.165, 1.54) is 0 Å². The molecule has 0 bridgehead atoms. The zero-order valence-corrected chi connectivity index (χ0v) is 9.77. The number of hydrogen-bond acceptors (Lipinski definition) is 4. The van der Waals surface area contributed by atoms with Crippen molar-refractivity contribution in [1.82, 2.24) is 9.78 Å². The molecule has 5 nitrogen and oxygen atoms in total. The number of nitrogens with zero attached hydrogens (tertiary/aromatic N) is 2. The number of benzene rings is 1. The molecule has 0 radical (unpaired) electrons. The van der Waals surface area contributed by atoms with Gasteiger partial charge in [0.2, 0.25) is 0 Å². The predicted molar refractivity (Wildman–Crippen MR) is 65.7 cm³/mol. The van der Waals surface area contributed by atoms with Crippen LogP contribution in [0, 0.1) is 6.92 Å². The van der Waals surface area contributed by atoms with Crippen molar-refractivity contribution in [2.24, 2.45) is 0 Å². The van der Waals surface area contributed by atoms with Crippen LogP contribution in [0.15, 0.2) is 29.1 Å². The van der Waals surface area contributed by atoms with Crippen molar-refractivity contribution in [3.8, 4) is 11.4 Å². The normalized spacial score (nSPS) is 10.5. The molecule has 0 aliphatic heterocycles. The Morgan fingerprint density at radius 2 is 2.12 bits per heavy atom. The number of anilines is 1. The van der Waals surface area contributed by atoms with E-state index in [1.54, 1.807) is 25.1 Å². The summed E-state index contributed by atoms with van der Waals surface area (Å²) >= 11 is 5.83. The summed E-state index contributed by atoms with van der Waals surface area (Å²) in [6.07, 6.45) is 0. The maximum Gasteiger partial charge on any atom is 0.275 e. The van der Waals surface area contributed by atoms with Crippen LogP contribution < -0.4 is 11.3 Å². The lowest BCUT2D eigenvalue weighted by Gasteiger charge is -2.09. The van der Waals surface area contributed by atoms with Gasteiger partial charge in [-0.05, 0) is 30.7 Å². The number of aromatic nitrogens is 2. The summed E-state index contributed by atoms with van der Waals surface area (Å²) in [5.41, 5.74) is 6.37. The Labute approximate surface area is 102 Å². The molecule has 0 aliphatic carbocycles. The molecule has 0 saturated carbocycles. The van der Waals surface area contributed by atoms with Crippen molar-refractivity contribution >= 4 is 17.4 Å². The molecule has 17 heavy (non-hydrogen) atoms. The molecule has 0 atom stereocenters. The van der Waals surface area contributed by atoms with Gasteiger partial charge in [0.05, 0.1) is 11.8 Å². The number of nitrogen functional groups attached to an aromatic ring is 1. The SMILES string of the molecule is Cc1cc(Cl)ccc1-n1nc(N)c(O)cc1=O. The topological polar surface area (TPSA) is 81.1 Å². The quantitative estimate of drug-likeness (QED) is 0.804. The average molecular weight is 252 g/mol. The number of aromatic hydroxyl groups is 1. The zero-order chi connectivity index (χ0) is 12.6. The molecule has 88 valence electrons. The molecule has 3 N–H and O–H groups in total. The third-order valence-corrected chi connectivity index (χ3v) is 2.56. The molecule has 1 aromatic heterocycles. The van der Waals surface area contributed by atoms with Gasteiger partial charge < -0.3 is 10.8 Å². The monoisotopic (exact) mass is 251 g/mol. The molecule has 2 aromatic rings. The van der Waals surface area contributed by atoms with Crippen molar-refractivity contribution < 1.29 is 5.11 Å². The summed E-state index contributed by atoms with van der Waals surface area (Å²) in [6.45, 7) is 1.80. The predicted octanol–water partition coefficient (Wildman–Crippen LogP) is 1.48. The summed E-state index contributed by atoms with van der Waals surface area (Å²) < 4.78 is 1.13. The fourth-order valence-electron chi connectivity index (χ4n) is 1.49. The van der Waals surface area contributed by atoms with Crippen molar-refractivity contribution in [3.05, 3.63) is 45.2 Å². The second-order valence-corrected chi connectivity index (χ2v) is 4.03. The molecule has 0 amide bonds. The molecule has 0 fully saturated rings. The van der Waals surface area contributed by atoms with Gasteiger partial charge in [0.25, 0.3) is 5.56 Å². The van der Waals surface area contributed by atoms with Crippen LogP contribution in [-0.4, -0.2) is 14.9 Å². The van der Waals surface area contributed by atoms with E-state index < -0.39 is 5.56 Å². The fraction of sp³-hybridized carbons (Fsp3) is 0.0909. The van der Waals surface area contributed by atoms with Gasteiger partial charge in [0.15, 0.2) is 11.6 Å². The van der Waals surface area contributed by atoms with E-state index in [9.17, 15) is 9.90 Å². The second kappa shape index (κ2) is 4.10. The van der Waals surface area contributed by atoms with Gasteiger partial charge in [0.1, 0.15) is 0 Å². The van der Waals surface area contributed by atoms with Crippen molar-refractivity contribution in [2.75, 3.05) is 5.73 Å². The van der Waals surface area contributed by atoms with Crippen LogP contribution in [-0.2, 0) is 0 Å². The Bertz CT molecular complexity index is 637. The Kier molecular flexibility index (Phi) is 2.77. The van der Waals surface area contributed by atoms with Gasteiger partial charge in [0, 0.05) is 5.02 Å². The molecular weight excluding hydrogens is 242 g/mol. The average Bonchev–Trinajstić information content (AvgIpc) is 2.24. The second-order valence-electron chi connectivity index (χ2n) is 3.60. The minimum Gasteiger partial charge on any atom is -0.504 e. The maximum atomic E-state index is 11.7. The maximum absolute atomic E-state index is 11.7. The Balaban J connectivity index is 2.69. The smallest absolute Gasteiger partial charge is 0.275 e. The van der Waals surface area contributed by atoms with E-state index in [4.69, 9.17) is 17.3 Å². The first-order valence-electron chi connectivity index (χ1n) is 4.84. The van der Waals surface area contributed by atoms with Crippen LogP contribution in [0.5, 0.6) is 5.75 Å². The number of hydrogen-bond donors (Lipinski definition) is 2. The van der Waals surface area contributed by atoms with Crippen LogP contribution in [0.2, 0.25) is 5.02 Å². The highest BCUT2D eigenvalue weighted by atomic mass is 35.5. The van der Waals surface area contributed by atoms with Crippen LogP contribution in [0.1, 0.15) is 5.56 Å². The standard InChI is InChI=1S/C11H10ClN3O2/c1-6-4-7(12)2-3-8(6)15-10(17)5-9(16)11(13)14-15/h2-5,16H,1H3,(H2,13,14). The minimum absolute atomic E-state index is 0.0982. The highest BCUT2D eigenvalue weighted by Crippen LogP contribution is 2.19. The molecule has 6 heteroatoms. The lowest BCUT2D eigenvalue weighted by molar-refractivity contribution is 0.471. The molecule has 0 unspecified atom stereocenters. The first-order valence-corrected chi connectivity index (χ1v) is 5.22. The Morgan fingerprint density at radius 3 is 2.76 bits per heavy atom. The van der Waals surface area contributed by atoms with E-state index in [-0.39, 0.29) is 11.6 Å². The summed E-state index contributed by atoms with van der Waals surface area (Å²) in [7, 11) is 0. The Morgan fingerprint density at radius 1 is 1.41 bits per heavy atom. The highest BCUT2D eigenvalue weighted by Gasteiger charge is 2.08. The number of aryl methyl sites for hydroxylation is 1. The third kappa shape index (κ3) is 2.09. The molecule has 1 heterocycles. The Hall–Kier alpha value is -2.01. The van der Waals surface area contributed by atoms with Gasteiger partial charge in [-0.15, -0.1) is 5.10 Å². The third-order valence-electron chi connectivity index (χ3n) is 2.33. The summed E-state index contributed by atoms with van der Waals surface area (Å²) in [6, 6.07) is 6.06. The molecule has 1 aromatic carbocycles. The lowest BCUT2D eigenvalue weighted by Crippen LogP contribution is -2.21. The molecule has 0 spiro atoms. The fourth-order valence-corrected chi connectivity index (χ4v) is 1.72. The van der Waals surface area contributed by atoms with E-state index in [0.29, 0.717) is 10.7 Å². The van der Waals surface area contributed by atoms with E-state index in [2.05, 4.69) is 5.10 Å². The van der Waals surface area contributed by atoms with E-state index >= 15 is 0 Å². The highest BCUT2D eigenvalue weighted by molar-refractivity contribution is 6.30. The summed E-state index contributed by atoms with van der Waals surface area (Å²) in [4.78, 5) is 11.7. The van der Waals surface area contributed by atoms with Crippen molar-refractivity contribution in [2.45, 2.75) is 6.92 Å². The first-order chi connectivity index (χ1) is 7.99. The molecular formula is C11H10ClN3O2.